The van der Waals surface area contributed by atoms with Gasteiger partial charge in [-0.2, -0.15) is 0 Å². The van der Waals surface area contributed by atoms with E-state index in [1.807, 2.05) is 0 Å². The van der Waals surface area contributed by atoms with Crippen LogP contribution in [0.25, 0.3) is 0 Å². The smallest absolute Gasteiger partial charge is 0.223 e. The molecule has 0 radical (unpaired) electrons. The number of hydrogen-bond acceptors (Lipinski definition) is 2. The van der Waals surface area contributed by atoms with E-state index in [1.165, 1.54) is 32.1 Å². The average molecular weight is 252 g/mol. The summed E-state index contributed by atoms with van der Waals surface area (Å²) in [5.74, 6) is 0.850. The van der Waals surface area contributed by atoms with E-state index in [-0.39, 0.29) is 17.4 Å². The molecule has 2 aliphatic carbocycles. The Kier molecular flexibility index (Phi) is 4.66. The van der Waals surface area contributed by atoms with E-state index >= 15 is 0 Å². The second-order valence-electron chi connectivity index (χ2n) is 6.50. The van der Waals surface area contributed by atoms with Gasteiger partial charge in [-0.15, -0.1) is 0 Å². The summed E-state index contributed by atoms with van der Waals surface area (Å²) in [5.41, 5.74) is 5.87. The van der Waals surface area contributed by atoms with Crippen molar-refractivity contribution in [1.29, 1.82) is 0 Å². The molecule has 104 valence electrons. The van der Waals surface area contributed by atoms with Crippen LogP contribution in [0.15, 0.2) is 0 Å². The molecule has 1 amide bonds. The molecule has 3 nitrogen and oxygen atoms in total. The molecule has 18 heavy (non-hydrogen) atoms. The van der Waals surface area contributed by atoms with E-state index in [2.05, 4.69) is 12.2 Å². The average Bonchev–Trinajstić information content (AvgIpc) is 2.39. The minimum absolute atomic E-state index is 0.0475. The molecule has 2 unspecified atom stereocenters. The van der Waals surface area contributed by atoms with Gasteiger partial charge in [0.2, 0.25) is 5.91 Å². The van der Waals surface area contributed by atoms with Crippen molar-refractivity contribution in [3.05, 3.63) is 0 Å². The first-order valence-electron chi connectivity index (χ1n) is 7.67. The lowest BCUT2D eigenvalue weighted by molar-refractivity contribution is -0.129. The quantitative estimate of drug-likeness (QED) is 0.811. The molecule has 2 atom stereocenters. The molecule has 3 heteroatoms. The van der Waals surface area contributed by atoms with E-state index < -0.39 is 0 Å². The minimum Gasteiger partial charge on any atom is -0.351 e. The second kappa shape index (κ2) is 6.05. The van der Waals surface area contributed by atoms with Gasteiger partial charge in [-0.05, 0) is 45.1 Å². The predicted molar refractivity (Wildman–Crippen MR) is 74.1 cm³/mol. The van der Waals surface area contributed by atoms with E-state index in [0.717, 1.165) is 25.7 Å². The van der Waals surface area contributed by atoms with Crippen LogP contribution in [-0.4, -0.2) is 18.0 Å². The number of carbonyl (C=O) groups excluding carboxylic acids is 1. The summed E-state index contributed by atoms with van der Waals surface area (Å²) < 4.78 is 0. The SMILES string of the molecule is CC1(NC(=O)C2CCCCC2CN)CCCCC1. The number of nitrogens with two attached hydrogens (primary N) is 1. The fourth-order valence-corrected chi connectivity index (χ4v) is 3.68. The predicted octanol–water partition coefficient (Wildman–Crippen LogP) is 2.59. The summed E-state index contributed by atoms with van der Waals surface area (Å²) in [6.45, 7) is 2.87. The van der Waals surface area contributed by atoms with Gasteiger partial charge in [0.15, 0.2) is 0 Å². The number of nitrogens with one attached hydrogen (secondary N) is 1. The van der Waals surface area contributed by atoms with Crippen molar-refractivity contribution in [3.63, 3.8) is 0 Å². The first-order chi connectivity index (χ1) is 8.64. The molecule has 0 aromatic heterocycles. The summed E-state index contributed by atoms with van der Waals surface area (Å²) in [7, 11) is 0. The van der Waals surface area contributed by atoms with E-state index in [4.69, 9.17) is 5.73 Å². The van der Waals surface area contributed by atoms with Crippen molar-refractivity contribution < 1.29 is 4.79 Å². The highest BCUT2D eigenvalue weighted by molar-refractivity contribution is 5.79. The minimum atomic E-state index is 0.0475. The molecule has 2 rings (SSSR count). The van der Waals surface area contributed by atoms with Crippen LogP contribution < -0.4 is 11.1 Å². The summed E-state index contributed by atoms with van der Waals surface area (Å²) in [4.78, 5) is 12.5. The molecule has 2 aliphatic rings. The Morgan fingerprint density at radius 3 is 2.50 bits per heavy atom. The normalized spacial score (nSPS) is 31.9. The maximum atomic E-state index is 12.5. The zero-order chi connectivity index (χ0) is 13.0. The van der Waals surface area contributed by atoms with Gasteiger partial charge in [0, 0.05) is 11.5 Å². The summed E-state index contributed by atoms with van der Waals surface area (Å²) >= 11 is 0. The van der Waals surface area contributed by atoms with Crippen molar-refractivity contribution >= 4 is 5.91 Å². The van der Waals surface area contributed by atoms with Crippen LogP contribution in [0.5, 0.6) is 0 Å². The monoisotopic (exact) mass is 252 g/mol. The number of hydrogen-bond donors (Lipinski definition) is 2. The van der Waals surface area contributed by atoms with E-state index in [9.17, 15) is 4.79 Å². The fraction of sp³-hybridized carbons (Fsp3) is 0.933. The molecule has 0 aromatic carbocycles. The summed E-state index contributed by atoms with van der Waals surface area (Å²) in [6.07, 6.45) is 10.7. The molecule has 2 fully saturated rings. The zero-order valence-electron chi connectivity index (χ0n) is 11.7. The Balaban J connectivity index is 1.93. The van der Waals surface area contributed by atoms with Crippen LogP contribution >= 0.6 is 0 Å². The Bertz CT molecular complexity index is 284. The van der Waals surface area contributed by atoms with Crippen LogP contribution in [0.2, 0.25) is 0 Å². The van der Waals surface area contributed by atoms with E-state index in [0.29, 0.717) is 12.5 Å². The van der Waals surface area contributed by atoms with Gasteiger partial charge in [0.1, 0.15) is 0 Å². The first-order valence-corrected chi connectivity index (χ1v) is 7.67. The molecule has 0 bridgehead atoms. The van der Waals surface area contributed by atoms with Crippen molar-refractivity contribution in [2.45, 2.75) is 70.3 Å². The standard InChI is InChI=1S/C15H28N2O/c1-15(9-5-2-6-10-15)17-14(18)13-8-4-3-7-12(13)11-16/h12-13H,2-11,16H2,1H3,(H,17,18). The third kappa shape index (κ3) is 3.25. The van der Waals surface area contributed by atoms with Crippen molar-refractivity contribution in [2.24, 2.45) is 17.6 Å². The van der Waals surface area contributed by atoms with Gasteiger partial charge in [-0.25, -0.2) is 0 Å². The van der Waals surface area contributed by atoms with Gasteiger partial charge in [0.25, 0.3) is 0 Å². The summed E-state index contributed by atoms with van der Waals surface area (Å²) in [5, 5.41) is 3.33. The Morgan fingerprint density at radius 1 is 1.17 bits per heavy atom. The topological polar surface area (TPSA) is 55.1 Å². The molecule has 0 spiro atoms. The van der Waals surface area contributed by atoms with Crippen molar-refractivity contribution in [2.75, 3.05) is 6.54 Å². The van der Waals surface area contributed by atoms with Crippen LogP contribution in [-0.2, 0) is 4.79 Å². The fourth-order valence-electron chi connectivity index (χ4n) is 3.68. The molecular formula is C15H28N2O. The number of amides is 1. The van der Waals surface area contributed by atoms with Crippen LogP contribution in [0, 0.1) is 11.8 Å². The third-order valence-electron chi connectivity index (χ3n) is 4.93. The molecular weight excluding hydrogens is 224 g/mol. The highest BCUT2D eigenvalue weighted by atomic mass is 16.2. The highest BCUT2D eigenvalue weighted by Crippen LogP contribution is 2.32. The van der Waals surface area contributed by atoms with Gasteiger partial charge in [-0.3, -0.25) is 4.79 Å². The summed E-state index contributed by atoms with van der Waals surface area (Å²) in [6, 6.07) is 0. The third-order valence-corrected chi connectivity index (χ3v) is 4.93. The Labute approximate surface area is 111 Å². The zero-order valence-corrected chi connectivity index (χ0v) is 11.7. The molecule has 0 aromatic rings. The Hall–Kier alpha value is -0.570. The molecule has 0 aliphatic heterocycles. The first kappa shape index (κ1) is 13.9. The van der Waals surface area contributed by atoms with Crippen molar-refractivity contribution in [3.8, 4) is 0 Å². The Morgan fingerprint density at radius 2 is 1.83 bits per heavy atom. The number of carbonyl (C=O) groups is 1. The highest BCUT2D eigenvalue weighted by Gasteiger charge is 2.34. The molecule has 2 saturated carbocycles. The van der Waals surface area contributed by atoms with Crippen LogP contribution in [0.4, 0.5) is 0 Å². The number of rotatable bonds is 3. The maximum absolute atomic E-state index is 12.5. The van der Waals surface area contributed by atoms with Gasteiger partial charge in [0.05, 0.1) is 0 Å². The largest absolute Gasteiger partial charge is 0.351 e. The lowest BCUT2D eigenvalue weighted by Gasteiger charge is -2.38. The van der Waals surface area contributed by atoms with Crippen LogP contribution in [0.1, 0.15) is 64.7 Å². The van der Waals surface area contributed by atoms with Gasteiger partial charge < -0.3 is 11.1 Å². The van der Waals surface area contributed by atoms with Gasteiger partial charge >= 0.3 is 0 Å². The molecule has 3 N–H and O–H groups in total. The lowest BCUT2D eigenvalue weighted by Crippen LogP contribution is -2.51. The molecule has 0 heterocycles. The van der Waals surface area contributed by atoms with Crippen LogP contribution in [0.3, 0.4) is 0 Å². The van der Waals surface area contributed by atoms with Gasteiger partial charge in [-0.1, -0.05) is 32.1 Å². The lowest BCUT2D eigenvalue weighted by atomic mass is 9.77. The maximum Gasteiger partial charge on any atom is 0.223 e. The molecule has 0 saturated heterocycles. The van der Waals surface area contributed by atoms with Crippen molar-refractivity contribution in [1.82, 2.24) is 5.32 Å². The van der Waals surface area contributed by atoms with E-state index in [1.54, 1.807) is 0 Å². The second-order valence-corrected chi connectivity index (χ2v) is 6.50.